The van der Waals surface area contributed by atoms with Gasteiger partial charge in [-0.1, -0.05) is 32.2 Å². The highest BCUT2D eigenvalue weighted by atomic mass is 32.2. The highest BCUT2D eigenvalue weighted by Crippen LogP contribution is 2.36. The summed E-state index contributed by atoms with van der Waals surface area (Å²) in [7, 11) is 1.21. The Morgan fingerprint density at radius 2 is 1.67 bits per heavy atom. The summed E-state index contributed by atoms with van der Waals surface area (Å²) >= 11 is 0.814. The number of carbonyl (C=O) groups is 2. The molecule has 4 N–H and O–H groups in total. The van der Waals surface area contributed by atoms with Crippen LogP contribution in [0.3, 0.4) is 0 Å². The molecule has 2 rings (SSSR count). The molecule has 15 heteroatoms. The third-order valence-electron chi connectivity index (χ3n) is 5.54. The van der Waals surface area contributed by atoms with Crippen LogP contribution in [-0.2, 0) is 20.5 Å². The number of amides is 1. The average Bonchev–Trinajstić information content (AvgIpc) is 2.92. The van der Waals surface area contributed by atoms with Crippen LogP contribution in [0.5, 0.6) is 11.5 Å². The van der Waals surface area contributed by atoms with Crippen LogP contribution in [0, 0.1) is 5.92 Å². The molecule has 2 atom stereocenters. The summed E-state index contributed by atoms with van der Waals surface area (Å²) in [6, 6.07) is 6.64. The van der Waals surface area contributed by atoms with E-state index in [1.807, 2.05) is 0 Å². The Morgan fingerprint density at radius 1 is 1.05 bits per heavy atom. The summed E-state index contributed by atoms with van der Waals surface area (Å²) in [6.45, 7) is 5.68. The maximum atomic E-state index is 13.5. The van der Waals surface area contributed by atoms with E-state index in [0.717, 1.165) is 35.0 Å². The van der Waals surface area contributed by atoms with Crippen LogP contribution in [0.15, 0.2) is 71.2 Å². The molecule has 0 saturated heterocycles. The maximum Gasteiger partial charge on any atom is 0.428 e. The molecule has 0 aliphatic heterocycles. The van der Waals surface area contributed by atoms with Crippen molar-refractivity contribution < 1.29 is 50.1 Å². The van der Waals surface area contributed by atoms with Gasteiger partial charge in [-0.05, 0) is 42.3 Å². The predicted octanol–water partition coefficient (Wildman–Crippen LogP) is 5.62. The fourth-order valence-corrected chi connectivity index (χ4v) is 3.91. The van der Waals surface area contributed by atoms with Gasteiger partial charge in [0.15, 0.2) is 11.5 Å². The quantitative estimate of drug-likeness (QED) is 0.136. The smallest absolute Gasteiger partial charge is 0.428 e. The van der Waals surface area contributed by atoms with Crippen molar-refractivity contribution in [3.05, 3.63) is 71.9 Å². The van der Waals surface area contributed by atoms with Gasteiger partial charge in [-0.25, -0.2) is 0 Å². The number of anilines is 1. The first-order chi connectivity index (χ1) is 19.5. The number of alkyl halides is 6. The second kappa shape index (κ2) is 14.4. The highest BCUT2D eigenvalue weighted by molar-refractivity contribution is 8.04. The summed E-state index contributed by atoms with van der Waals surface area (Å²) < 4.78 is 94.1. The molecule has 0 spiro atoms. The summed E-state index contributed by atoms with van der Waals surface area (Å²) in [5.74, 6) is -2.65. The number of hydrogen-bond acceptors (Lipinski definition) is 8. The lowest BCUT2D eigenvalue weighted by Gasteiger charge is -2.24. The molecule has 0 fully saturated rings. The number of rotatable bonds is 12. The monoisotopic (exact) mass is 621 g/mol. The Balaban J connectivity index is 2.23. The van der Waals surface area contributed by atoms with Crippen LogP contribution in [0.1, 0.15) is 19.4 Å². The van der Waals surface area contributed by atoms with Crippen LogP contribution in [0.2, 0.25) is 0 Å². The van der Waals surface area contributed by atoms with Crippen molar-refractivity contribution in [2.45, 2.75) is 43.2 Å². The van der Waals surface area contributed by atoms with Crippen LogP contribution >= 0.6 is 11.8 Å². The topological polar surface area (TPSA) is 117 Å². The van der Waals surface area contributed by atoms with Gasteiger partial charge < -0.3 is 25.7 Å². The standard InChI is InChI=1S/C27H29F6N3O5S/c1-15(2)23(35)25(38)41-22(27(31,32)33)14-40-20-10-7-18(13-21(20)39-4)36(12-11-34)24(37)16(3)42-19-8-5-17(6-9-19)26(28,29)30/h5-13,15,22-23H,3,14,34-35H2,1-2,4H3/b12-11-/t22?,23-/m0/s1. The van der Waals surface area contributed by atoms with Gasteiger partial charge >= 0.3 is 18.3 Å². The van der Waals surface area contributed by atoms with E-state index in [4.69, 9.17) is 20.9 Å². The normalized spacial score (nSPS) is 13.5. The second-order valence-corrected chi connectivity index (χ2v) is 10.1. The van der Waals surface area contributed by atoms with Gasteiger partial charge in [-0.2, -0.15) is 26.3 Å². The van der Waals surface area contributed by atoms with Gasteiger partial charge in [0.2, 0.25) is 6.10 Å². The Hall–Kier alpha value is -3.85. The minimum atomic E-state index is -4.96. The van der Waals surface area contributed by atoms with E-state index in [1.165, 1.54) is 43.6 Å². The van der Waals surface area contributed by atoms with Gasteiger partial charge in [0.05, 0.1) is 23.3 Å². The van der Waals surface area contributed by atoms with Crippen molar-refractivity contribution in [2.75, 3.05) is 18.6 Å². The van der Waals surface area contributed by atoms with E-state index in [1.54, 1.807) is 13.8 Å². The average molecular weight is 622 g/mol. The fourth-order valence-electron chi connectivity index (χ4n) is 3.17. The van der Waals surface area contributed by atoms with Crippen LogP contribution in [0.4, 0.5) is 32.0 Å². The van der Waals surface area contributed by atoms with Gasteiger partial charge in [-0.3, -0.25) is 14.5 Å². The summed E-state index contributed by atoms with van der Waals surface area (Å²) in [5, 5.41) is 0. The zero-order valence-electron chi connectivity index (χ0n) is 22.7. The summed E-state index contributed by atoms with van der Waals surface area (Å²) in [4.78, 5) is 26.4. The van der Waals surface area contributed by atoms with Crippen LogP contribution < -0.4 is 25.8 Å². The molecule has 8 nitrogen and oxygen atoms in total. The SMILES string of the molecule is C=C(Sc1ccc(C(F)(F)F)cc1)C(=O)N(/C=C\N)c1ccc(OCC(OC(=O)[C@@H](N)C(C)C)C(F)(F)F)c(OC)c1. The van der Waals surface area contributed by atoms with Crippen LogP contribution in [0.25, 0.3) is 0 Å². The van der Waals surface area contributed by atoms with Crippen molar-refractivity contribution in [3.8, 4) is 11.5 Å². The molecule has 1 amide bonds. The lowest BCUT2D eigenvalue weighted by atomic mass is 10.1. The Labute approximate surface area is 242 Å². The lowest BCUT2D eigenvalue weighted by molar-refractivity contribution is -0.228. The minimum Gasteiger partial charge on any atom is -0.493 e. The molecule has 1 unspecified atom stereocenters. The van der Waals surface area contributed by atoms with Crippen molar-refractivity contribution in [3.63, 3.8) is 0 Å². The first-order valence-electron chi connectivity index (χ1n) is 12.1. The van der Waals surface area contributed by atoms with Gasteiger partial charge in [0.25, 0.3) is 5.91 Å². The Kier molecular flexibility index (Phi) is 11.7. The summed E-state index contributed by atoms with van der Waals surface area (Å²) in [5.41, 5.74) is 10.4. The maximum absolute atomic E-state index is 13.5. The van der Waals surface area contributed by atoms with Crippen molar-refractivity contribution >= 4 is 29.3 Å². The van der Waals surface area contributed by atoms with Gasteiger partial charge in [0, 0.05) is 23.4 Å². The molecule has 2 aromatic rings. The third kappa shape index (κ3) is 9.34. The molecule has 0 aromatic heterocycles. The number of halogens is 6. The summed E-state index contributed by atoms with van der Waals surface area (Å²) in [6.07, 6.45) is -9.89. The molecule has 230 valence electrons. The van der Waals surface area contributed by atoms with E-state index in [9.17, 15) is 35.9 Å². The molecule has 0 saturated carbocycles. The van der Waals surface area contributed by atoms with Crippen molar-refractivity contribution in [1.82, 2.24) is 0 Å². The lowest BCUT2D eigenvalue weighted by Crippen LogP contribution is -2.45. The molecule has 42 heavy (non-hydrogen) atoms. The molecule has 0 bridgehead atoms. The number of hydrogen-bond donors (Lipinski definition) is 2. The molecular weight excluding hydrogens is 592 g/mol. The molecule has 0 heterocycles. The molecular formula is C27H29F6N3O5S. The highest BCUT2D eigenvalue weighted by Gasteiger charge is 2.44. The van der Waals surface area contributed by atoms with E-state index < -0.39 is 54.5 Å². The van der Waals surface area contributed by atoms with Gasteiger partial charge in [0.1, 0.15) is 12.6 Å². The number of benzene rings is 2. The van der Waals surface area contributed by atoms with E-state index in [-0.39, 0.29) is 22.1 Å². The zero-order valence-corrected chi connectivity index (χ0v) is 23.5. The Morgan fingerprint density at radius 3 is 2.17 bits per heavy atom. The van der Waals surface area contributed by atoms with E-state index in [0.29, 0.717) is 4.90 Å². The number of ether oxygens (including phenoxy) is 3. The third-order valence-corrected chi connectivity index (χ3v) is 6.47. The number of nitrogens with zero attached hydrogens (tertiary/aromatic N) is 1. The predicted molar refractivity (Wildman–Crippen MR) is 144 cm³/mol. The molecule has 2 aromatic carbocycles. The zero-order chi connectivity index (χ0) is 31.8. The number of carbonyl (C=O) groups excluding carboxylic acids is 2. The number of esters is 1. The van der Waals surface area contributed by atoms with Crippen molar-refractivity contribution in [2.24, 2.45) is 17.4 Å². The van der Waals surface area contributed by atoms with Gasteiger partial charge in [-0.15, -0.1) is 0 Å². The largest absolute Gasteiger partial charge is 0.493 e. The fraction of sp³-hybridized carbons (Fsp3) is 0.333. The van der Waals surface area contributed by atoms with E-state index >= 15 is 0 Å². The number of methoxy groups -OCH3 is 1. The van der Waals surface area contributed by atoms with Crippen LogP contribution in [-0.4, -0.2) is 43.9 Å². The number of thioether (sulfide) groups is 1. The Bertz CT molecular complexity index is 1280. The van der Waals surface area contributed by atoms with Crippen molar-refractivity contribution in [1.29, 1.82) is 0 Å². The number of nitrogens with two attached hydrogens (primary N) is 2. The first-order valence-corrected chi connectivity index (χ1v) is 12.9. The second-order valence-electron chi connectivity index (χ2n) is 8.95. The molecule has 0 radical (unpaired) electrons. The molecule has 0 aliphatic carbocycles. The molecule has 0 aliphatic rings. The first kappa shape index (κ1) is 34.4. The van der Waals surface area contributed by atoms with E-state index in [2.05, 4.69) is 11.3 Å². The minimum absolute atomic E-state index is 0.0807.